The first-order valence-corrected chi connectivity index (χ1v) is 7.49. The van der Waals surface area contributed by atoms with Gasteiger partial charge in [-0.05, 0) is 22.0 Å². The molecule has 1 aromatic carbocycles. The number of halogens is 1. The number of ether oxygens (including phenoxy) is 1. The second kappa shape index (κ2) is 5.70. The first kappa shape index (κ1) is 16.6. The number of carbonyl (C=O) groups is 2. The fourth-order valence-electron chi connectivity index (χ4n) is 2.55. The quantitative estimate of drug-likeness (QED) is 0.436. The largest absolute Gasteiger partial charge is 0.496 e. The highest BCUT2D eigenvalue weighted by atomic mass is 79.9. The van der Waals surface area contributed by atoms with Crippen molar-refractivity contribution in [3.63, 3.8) is 0 Å². The van der Waals surface area contributed by atoms with E-state index in [1.807, 2.05) is 5.32 Å². The minimum absolute atomic E-state index is 0.150. The van der Waals surface area contributed by atoms with Crippen molar-refractivity contribution in [3.8, 4) is 11.4 Å². The Morgan fingerprint density at radius 2 is 1.92 bits per heavy atom. The van der Waals surface area contributed by atoms with E-state index in [9.17, 15) is 24.5 Å². The Hall–Kier alpha value is -3.21. The molecule has 0 saturated heterocycles. The van der Waals surface area contributed by atoms with Crippen molar-refractivity contribution in [2.45, 2.75) is 0 Å². The number of hydrogen-bond donors (Lipinski definition) is 2. The van der Waals surface area contributed by atoms with Gasteiger partial charge in [0.2, 0.25) is 0 Å². The number of carbonyl (C=O) groups excluding carboxylic acids is 2. The normalized spacial score (nSPS) is 12.7. The maximum atomic E-state index is 12.5. The highest BCUT2D eigenvalue weighted by Crippen LogP contribution is 2.36. The van der Waals surface area contributed by atoms with Crippen LogP contribution in [0.2, 0.25) is 0 Å². The number of methoxy groups -OCH3 is 1. The van der Waals surface area contributed by atoms with E-state index < -0.39 is 28.0 Å². The molecule has 2 heterocycles. The Balaban J connectivity index is 2.42. The zero-order valence-electron chi connectivity index (χ0n) is 12.5. The van der Waals surface area contributed by atoms with Crippen LogP contribution in [0, 0.1) is 10.1 Å². The molecule has 3 rings (SSSR count). The molecule has 3 N–H and O–H groups in total. The first-order valence-electron chi connectivity index (χ1n) is 6.69. The summed E-state index contributed by atoms with van der Waals surface area (Å²) in [5.74, 6) is -1.72. The molecule has 0 radical (unpaired) electrons. The molecule has 2 aromatic rings. The number of nitro benzene ring substituents is 1. The zero-order valence-corrected chi connectivity index (χ0v) is 14.1. The van der Waals surface area contributed by atoms with Gasteiger partial charge in [-0.25, -0.2) is 0 Å². The molecule has 0 bridgehead atoms. The van der Waals surface area contributed by atoms with Crippen molar-refractivity contribution < 1.29 is 19.2 Å². The Labute approximate surface area is 147 Å². The van der Waals surface area contributed by atoms with Crippen molar-refractivity contribution in [3.05, 3.63) is 54.3 Å². The topological polar surface area (TPSA) is 147 Å². The fraction of sp³-hybridized carbons (Fsp3) is 0.0714. The summed E-state index contributed by atoms with van der Waals surface area (Å²) in [6.07, 6.45) is 0. The molecule has 0 saturated carbocycles. The van der Waals surface area contributed by atoms with E-state index >= 15 is 0 Å². The lowest BCUT2D eigenvalue weighted by Crippen LogP contribution is -2.25. The van der Waals surface area contributed by atoms with Crippen LogP contribution in [0.3, 0.4) is 0 Å². The fourth-order valence-corrected chi connectivity index (χ4v) is 3.15. The Bertz CT molecular complexity index is 1030. The number of anilines is 1. The SMILES string of the molecule is COc1cc(Br)c(-n2c(N)c3c(cc2=O)C(=O)NC3=O)c([N+](=O)[O-])c1. The molecule has 1 aliphatic heterocycles. The van der Waals surface area contributed by atoms with Crippen molar-refractivity contribution in [1.82, 2.24) is 9.88 Å². The zero-order chi connectivity index (χ0) is 18.5. The third-order valence-corrected chi connectivity index (χ3v) is 4.23. The minimum Gasteiger partial charge on any atom is -0.496 e. The van der Waals surface area contributed by atoms with E-state index in [1.54, 1.807) is 0 Å². The van der Waals surface area contributed by atoms with E-state index in [0.717, 1.165) is 16.7 Å². The number of hydrogen-bond acceptors (Lipinski definition) is 7. The highest BCUT2D eigenvalue weighted by molar-refractivity contribution is 9.10. The molecular weight excluding hydrogens is 400 g/mol. The molecular formula is C14H9BrN4O6. The highest BCUT2D eigenvalue weighted by Gasteiger charge is 2.33. The number of fused-ring (bicyclic) bond motifs is 1. The predicted molar refractivity (Wildman–Crippen MR) is 89.2 cm³/mol. The number of pyridine rings is 1. The third kappa shape index (κ3) is 2.45. The molecule has 0 atom stereocenters. The standard InChI is InChI=1S/C14H9BrN4O6/c1-25-5-2-7(15)11(8(3-5)19(23)24)18-9(20)4-6-10(12(18)16)14(22)17-13(6)21/h2-4H,16H2,1H3,(H,17,21,22). The van der Waals surface area contributed by atoms with Crippen LogP contribution >= 0.6 is 15.9 Å². The number of rotatable bonds is 3. The van der Waals surface area contributed by atoms with Gasteiger partial charge in [-0.15, -0.1) is 0 Å². The summed E-state index contributed by atoms with van der Waals surface area (Å²) in [6.45, 7) is 0. The summed E-state index contributed by atoms with van der Waals surface area (Å²) in [6, 6.07) is 3.43. The van der Waals surface area contributed by atoms with Crippen LogP contribution in [0.25, 0.3) is 5.69 Å². The van der Waals surface area contributed by atoms with Crippen LogP contribution < -0.4 is 21.3 Å². The molecule has 2 amide bonds. The summed E-state index contributed by atoms with van der Waals surface area (Å²) in [5, 5.41) is 13.5. The van der Waals surface area contributed by atoms with Crippen molar-refractivity contribution >= 4 is 39.2 Å². The Kier molecular flexibility index (Phi) is 3.80. The molecule has 128 valence electrons. The molecule has 0 spiro atoms. The first-order chi connectivity index (χ1) is 11.8. The number of nitro groups is 1. The average Bonchev–Trinajstić information content (AvgIpc) is 2.82. The van der Waals surface area contributed by atoms with Crippen molar-refractivity contribution in [2.75, 3.05) is 12.8 Å². The van der Waals surface area contributed by atoms with Gasteiger partial charge in [-0.1, -0.05) is 0 Å². The molecule has 1 aromatic heterocycles. The number of imide groups is 1. The lowest BCUT2D eigenvalue weighted by Gasteiger charge is -2.14. The van der Waals surface area contributed by atoms with Gasteiger partial charge in [0, 0.05) is 6.07 Å². The number of aromatic nitrogens is 1. The monoisotopic (exact) mass is 408 g/mol. The molecule has 0 unspecified atom stereocenters. The molecule has 1 aliphatic rings. The van der Waals surface area contributed by atoms with Crippen LogP contribution in [0.15, 0.2) is 27.5 Å². The minimum atomic E-state index is -0.796. The van der Waals surface area contributed by atoms with Gasteiger partial charge in [-0.2, -0.15) is 0 Å². The van der Waals surface area contributed by atoms with Crippen LogP contribution in [-0.4, -0.2) is 28.4 Å². The Morgan fingerprint density at radius 3 is 2.52 bits per heavy atom. The molecule has 25 heavy (non-hydrogen) atoms. The second-order valence-electron chi connectivity index (χ2n) is 5.01. The van der Waals surface area contributed by atoms with Gasteiger partial charge in [0.05, 0.1) is 33.7 Å². The van der Waals surface area contributed by atoms with E-state index in [2.05, 4.69) is 15.9 Å². The van der Waals surface area contributed by atoms with Crippen LogP contribution in [0.4, 0.5) is 11.5 Å². The summed E-state index contributed by atoms with van der Waals surface area (Å²) < 4.78 is 5.93. The van der Waals surface area contributed by atoms with Crippen molar-refractivity contribution in [1.29, 1.82) is 0 Å². The smallest absolute Gasteiger partial charge is 0.298 e. The number of benzene rings is 1. The summed E-state index contributed by atoms with van der Waals surface area (Å²) >= 11 is 3.15. The van der Waals surface area contributed by atoms with Gasteiger partial charge in [0.1, 0.15) is 17.3 Å². The van der Waals surface area contributed by atoms with E-state index in [4.69, 9.17) is 10.5 Å². The summed E-state index contributed by atoms with van der Waals surface area (Å²) in [4.78, 5) is 46.8. The Morgan fingerprint density at radius 1 is 1.24 bits per heavy atom. The summed E-state index contributed by atoms with van der Waals surface area (Å²) in [7, 11) is 1.33. The molecule has 11 heteroatoms. The van der Waals surface area contributed by atoms with Gasteiger partial charge in [0.25, 0.3) is 23.1 Å². The molecule has 10 nitrogen and oxygen atoms in total. The van der Waals surface area contributed by atoms with Gasteiger partial charge in [-0.3, -0.25) is 34.4 Å². The lowest BCUT2D eigenvalue weighted by molar-refractivity contribution is -0.384. The second-order valence-corrected chi connectivity index (χ2v) is 5.86. The number of nitrogens with two attached hydrogens (primary N) is 1. The van der Waals surface area contributed by atoms with E-state index in [0.29, 0.717) is 0 Å². The van der Waals surface area contributed by atoms with E-state index in [1.165, 1.54) is 13.2 Å². The van der Waals surface area contributed by atoms with Crippen LogP contribution in [0.1, 0.15) is 20.7 Å². The molecule has 0 fully saturated rings. The third-order valence-electron chi connectivity index (χ3n) is 3.63. The molecule has 0 aliphatic carbocycles. The van der Waals surface area contributed by atoms with Gasteiger partial charge >= 0.3 is 0 Å². The van der Waals surface area contributed by atoms with Crippen LogP contribution in [0.5, 0.6) is 5.75 Å². The summed E-state index contributed by atoms with van der Waals surface area (Å²) in [5.41, 5.74) is 4.09. The van der Waals surface area contributed by atoms with Gasteiger partial charge in [0.15, 0.2) is 0 Å². The van der Waals surface area contributed by atoms with Crippen molar-refractivity contribution in [2.24, 2.45) is 0 Å². The number of nitrogens with zero attached hydrogens (tertiary/aromatic N) is 2. The predicted octanol–water partition coefficient (Wildman–Crippen LogP) is 0.983. The lowest BCUT2D eigenvalue weighted by atomic mass is 10.1. The average molecular weight is 409 g/mol. The maximum absolute atomic E-state index is 12.5. The number of nitrogen functional groups attached to an aromatic ring is 1. The maximum Gasteiger partial charge on any atom is 0.298 e. The number of amides is 2. The van der Waals surface area contributed by atoms with Crippen LogP contribution in [-0.2, 0) is 0 Å². The van der Waals surface area contributed by atoms with E-state index in [-0.39, 0.29) is 32.9 Å². The number of nitrogens with one attached hydrogen (secondary N) is 1. The van der Waals surface area contributed by atoms with Gasteiger partial charge < -0.3 is 10.5 Å².